The van der Waals surface area contributed by atoms with Crippen LogP contribution in [0.1, 0.15) is 45.4 Å². The Morgan fingerprint density at radius 1 is 1.21 bits per heavy atom. The van der Waals surface area contributed by atoms with Crippen molar-refractivity contribution in [3.63, 3.8) is 0 Å². The molecule has 0 aromatic carbocycles. The van der Waals surface area contributed by atoms with E-state index in [4.69, 9.17) is 0 Å². The minimum atomic E-state index is -0.422. The lowest BCUT2D eigenvalue weighted by atomic mass is 10.1. The van der Waals surface area contributed by atoms with Gasteiger partial charge in [-0.25, -0.2) is 0 Å². The second kappa shape index (κ2) is 10.6. The van der Waals surface area contributed by atoms with E-state index in [2.05, 4.69) is 6.92 Å². The summed E-state index contributed by atoms with van der Waals surface area (Å²) in [5.41, 5.74) is 0. The number of unbranched alkanes of at least 4 members (excludes halogenated alkanes) is 5. The topological polar surface area (TPSA) is 43.1 Å². The summed E-state index contributed by atoms with van der Waals surface area (Å²) in [4.78, 5) is 9.49. The Hall–Kier alpha value is -0.510. The number of nitro groups is 1. The van der Waals surface area contributed by atoms with Crippen LogP contribution in [-0.4, -0.2) is 10.7 Å². The molecule has 0 N–H and O–H groups in total. The van der Waals surface area contributed by atoms with E-state index in [1.807, 2.05) is 0 Å². The molecular weight excluding hydrogens is 198 g/mol. The molecule has 0 aromatic heterocycles. The first kappa shape index (κ1) is 13.5. The maximum atomic E-state index is 9.91. The third kappa shape index (κ3) is 11.5. The van der Waals surface area contributed by atoms with Crippen molar-refractivity contribution in [3.05, 3.63) is 21.7 Å². The van der Waals surface area contributed by atoms with Gasteiger partial charge in [0.1, 0.15) is 0 Å². The van der Waals surface area contributed by atoms with Gasteiger partial charge in [-0.15, -0.1) is 11.8 Å². The number of thioether (sulfide) groups is 1. The molecule has 0 saturated heterocycles. The first-order chi connectivity index (χ1) is 6.77. The summed E-state index contributed by atoms with van der Waals surface area (Å²) >= 11 is 1.52. The Balaban J connectivity index is 3.02. The summed E-state index contributed by atoms with van der Waals surface area (Å²) in [5, 5.41) is 11.5. The van der Waals surface area contributed by atoms with Crippen LogP contribution in [0.15, 0.2) is 11.6 Å². The summed E-state index contributed by atoms with van der Waals surface area (Å²) in [6, 6.07) is 0. The van der Waals surface area contributed by atoms with Gasteiger partial charge < -0.3 is 0 Å². The van der Waals surface area contributed by atoms with Gasteiger partial charge in [0.25, 0.3) is 0 Å². The van der Waals surface area contributed by atoms with Crippen molar-refractivity contribution in [2.45, 2.75) is 45.4 Å². The summed E-state index contributed by atoms with van der Waals surface area (Å²) in [6.45, 7) is 2.21. The quantitative estimate of drug-likeness (QED) is 0.335. The van der Waals surface area contributed by atoms with E-state index in [1.54, 1.807) is 5.41 Å². The van der Waals surface area contributed by atoms with Crippen LogP contribution in [0.5, 0.6) is 0 Å². The molecule has 0 atom stereocenters. The van der Waals surface area contributed by atoms with Crippen LogP contribution in [0.4, 0.5) is 0 Å². The van der Waals surface area contributed by atoms with Crippen LogP contribution in [-0.2, 0) is 0 Å². The van der Waals surface area contributed by atoms with Gasteiger partial charge in [0.05, 0.1) is 4.92 Å². The fourth-order valence-electron chi connectivity index (χ4n) is 1.13. The molecule has 0 radical (unpaired) electrons. The standard InChI is InChI=1S/C10H19NO2S/c1-2-3-4-5-6-7-9-14-10-8-11(12)13/h8,10H,2-7,9H2,1H3. The zero-order chi connectivity index (χ0) is 10.6. The molecule has 0 heterocycles. The predicted molar refractivity (Wildman–Crippen MR) is 62.0 cm³/mol. The van der Waals surface area contributed by atoms with E-state index in [1.165, 1.54) is 43.9 Å². The lowest BCUT2D eigenvalue weighted by molar-refractivity contribution is -0.402. The summed E-state index contributed by atoms with van der Waals surface area (Å²) in [5.74, 6) is 0.996. The summed E-state index contributed by atoms with van der Waals surface area (Å²) in [7, 11) is 0. The molecule has 0 aliphatic heterocycles. The normalized spacial score (nSPS) is 10.9. The van der Waals surface area contributed by atoms with Crippen molar-refractivity contribution in [2.24, 2.45) is 0 Å². The Labute approximate surface area is 90.1 Å². The number of nitrogens with zero attached hydrogens (tertiary/aromatic N) is 1. The van der Waals surface area contributed by atoms with Crippen LogP contribution < -0.4 is 0 Å². The smallest absolute Gasteiger partial charge is 0.240 e. The lowest BCUT2D eigenvalue weighted by Gasteiger charge is -1.97. The molecule has 0 rings (SSSR count). The molecule has 14 heavy (non-hydrogen) atoms. The highest BCUT2D eigenvalue weighted by atomic mass is 32.2. The average molecular weight is 217 g/mol. The van der Waals surface area contributed by atoms with Gasteiger partial charge in [0.15, 0.2) is 0 Å². The van der Waals surface area contributed by atoms with E-state index >= 15 is 0 Å². The van der Waals surface area contributed by atoms with E-state index in [-0.39, 0.29) is 0 Å². The Bertz CT molecular complexity index is 172. The molecule has 4 heteroatoms. The Morgan fingerprint density at radius 3 is 2.50 bits per heavy atom. The molecule has 0 unspecified atom stereocenters. The molecule has 82 valence electrons. The van der Waals surface area contributed by atoms with Crippen molar-refractivity contribution in [1.82, 2.24) is 0 Å². The van der Waals surface area contributed by atoms with Crippen molar-refractivity contribution in [2.75, 3.05) is 5.75 Å². The highest BCUT2D eigenvalue weighted by Gasteiger charge is 1.90. The first-order valence-electron chi connectivity index (χ1n) is 5.19. The van der Waals surface area contributed by atoms with Gasteiger partial charge in [-0.05, 0) is 12.2 Å². The minimum Gasteiger partial charge on any atom is -0.259 e. The van der Waals surface area contributed by atoms with E-state index in [0.717, 1.165) is 18.4 Å². The Kier molecular flexibility index (Phi) is 10.2. The maximum absolute atomic E-state index is 9.91. The fraction of sp³-hybridized carbons (Fsp3) is 0.800. The van der Waals surface area contributed by atoms with Crippen molar-refractivity contribution < 1.29 is 4.92 Å². The van der Waals surface area contributed by atoms with Crippen LogP contribution in [0, 0.1) is 10.1 Å². The Morgan fingerprint density at radius 2 is 1.86 bits per heavy atom. The van der Waals surface area contributed by atoms with E-state index in [9.17, 15) is 10.1 Å². The second-order valence-corrected chi connectivity index (χ2v) is 4.22. The van der Waals surface area contributed by atoms with Crippen LogP contribution in [0.3, 0.4) is 0 Å². The van der Waals surface area contributed by atoms with Crippen LogP contribution in [0.25, 0.3) is 0 Å². The highest BCUT2D eigenvalue weighted by molar-refractivity contribution is 8.02. The lowest BCUT2D eigenvalue weighted by Crippen LogP contribution is -1.83. The van der Waals surface area contributed by atoms with Gasteiger partial charge in [0.2, 0.25) is 6.20 Å². The summed E-state index contributed by atoms with van der Waals surface area (Å²) in [6.07, 6.45) is 8.64. The first-order valence-corrected chi connectivity index (χ1v) is 6.24. The second-order valence-electron chi connectivity index (χ2n) is 3.21. The van der Waals surface area contributed by atoms with Gasteiger partial charge in [-0.1, -0.05) is 39.0 Å². The molecule has 0 fully saturated rings. The summed E-state index contributed by atoms with van der Waals surface area (Å²) < 4.78 is 0. The molecule has 0 amide bonds. The molecular formula is C10H19NO2S. The van der Waals surface area contributed by atoms with Crippen LogP contribution in [0.2, 0.25) is 0 Å². The fourth-order valence-corrected chi connectivity index (χ4v) is 1.82. The molecule has 0 spiro atoms. The van der Waals surface area contributed by atoms with Crippen LogP contribution >= 0.6 is 11.8 Å². The van der Waals surface area contributed by atoms with Gasteiger partial charge in [0, 0.05) is 5.41 Å². The molecule has 0 bridgehead atoms. The zero-order valence-electron chi connectivity index (χ0n) is 8.78. The molecule has 3 nitrogen and oxygen atoms in total. The molecule has 0 aliphatic carbocycles. The third-order valence-electron chi connectivity index (χ3n) is 1.89. The van der Waals surface area contributed by atoms with Gasteiger partial charge in [-0.3, -0.25) is 10.1 Å². The average Bonchev–Trinajstić information content (AvgIpc) is 2.15. The molecule has 0 aromatic rings. The van der Waals surface area contributed by atoms with Gasteiger partial charge >= 0.3 is 0 Å². The van der Waals surface area contributed by atoms with Crippen molar-refractivity contribution >= 4 is 11.8 Å². The van der Waals surface area contributed by atoms with Gasteiger partial charge in [-0.2, -0.15) is 0 Å². The monoisotopic (exact) mass is 217 g/mol. The zero-order valence-corrected chi connectivity index (χ0v) is 9.59. The number of hydrogen-bond acceptors (Lipinski definition) is 3. The largest absolute Gasteiger partial charge is 0.259 e. The van der Waals surface area contributed by atoms with E-state index in [0.29, 0.717) is 0 Å². The number of rotatable bonds is 9. The molecule has 0 saturated carbocycles. The van der Waals surface area contributed by atoms with E-state index < -0.39 is 4.92 Å². The predicted octanol–water partition coefficient (Wildman–Crippen LogP) is 3.83. The highest BCUT2D eigenvalue weighted by Crippen LogP contribution is 2.10. The SMILES string of the molecule is CCCCCCCCSC=C[N+](=O)[O-]. The minimum absolute atomic E-state index is 0.422. The van der Waals surface area contributed by atoms with Crippen molar-refractivity contribution in [3.8, 4) is 0 Å². The molecule has 0 aliphatic rings. The maximum Gasteiger partial charge on any atom is 0.240 e. The number of hydrogen-bond donors (Lipinski definition) is 0. The third-order valence-corrected chi connectivity index (χ3v) is 2.73. The van der Waals surface area contributed by atoms with Crippen molar-refractivity contribution in [1.29, 1.82) is 0 Å².